The van der Waals surface area contributed by atoms with Gasteiger partial charge in [0.25, 0.3) is 0 Å². The van der Waals surface area contributed by atoms with Crippen LogP contribution in [-0.4, -0.2) is 60.3 Å². The monoisotopic (exact) mass is 764 g/mol. The Morgan fingerprint density at radius 3 is 1.74 bits per heavy atom. The summed E-state index contributed by atoms with van der Waals surface area (Å²) in [6, 6.07) is 18.9. The van der Waals surface area contributed by atoms with Gasteiger partial charge in [-0.3, -0.25) is 10.1 Å². The van der Waals surface area contributed by atoms with Crippen molar-refractivity contribution >= 4 is 29.2 Å². The molecule has 4 aromatic rings. The normalized spacial score (nSPS) is 16.6. The molecule has 3 atom stereocenters. The summed E-state index contributed by atoms with van der Waals surface area (Å²) in [5.74, 6) is 1.16. The minimum Gasteiger partial charge on any atom is -0.493 e. The van der Waals surface area contributed by atoms with E-state index in [0.717, 1.165) is 42.4 Å². The van der Waals surface area contributed by atoms with Crippen molar-refractivity contribution in [2.75, 3.05) is 33.0 Å². The first-order valence-electron chi connectivity index (χ1n) is 18.1. The summed E-state index contributed by atoms with van der Waals surface area (Å²) in [7, 11) is 0. The molecule has 0 saturated heterocycles. The zero-order chi connectivity index (χ0) is 37.5. The molecule has 0 heterocycles. The van der Waals surface area contributed by atoms with Crippen LogP contribution >= 0.6 is 23.2 Å². The van der Waals surface area contributed by atoms with E-state index >= 15 is 0 Å². The molecule has 10 nitrogen and oxygen atoms in total. The third-order valence-electron chi connectivity index (χ3n) is 9.71. The Labute approximate surface area is 319 Å². The fourth-order valence-corrected chi connectivity index (χ4v) is 7.70. The number of aliphatic hydroxyl groups is 2. The molecular formula is C41H46Cl2N2O8. The Balaban J connectivity index is 1.22. The van der Waals surface area contributed by atoms with Crippen LogP contribution in [0.15, 0.2) is 60.7 Å². The maximum atomic E-state index is 11.4. The lowest BCUT2D eigenvalue weighted by Crippen LogP contribution is -2.39. The number of aliphatic hydroxyl groups excluding tert-OH is 2. The van der Waals surface area contributed by atoms with Gasteiger partial charge in [-0.25, -0.2) is 0 Å². The summed E-state index contributed by atoms with van der Waals surface area (Å²) in [6.07, 6.45) is 2.91. The largest absolute Gasteiger partial charge is 0.493 e. The SMILES string of the molecule is CCOc1cc(O[C@H]2CCc3c(-c4cccc5c4CC[C@@H]5Oc4cc(OCC)c(CN[C@@H](CO)C(=O)O)cc4Cl)cccc32)c(Cl)cc1CNCCO. The Hall–Kier alpha value is -4.03. The predicted octanol–water partition coefficient (Wildman–Crippen LogP) is 7.21. The fourth-order valence-electron chi connectivity index (χ4n) is 7.24. The second kappa shape index (κ2) is 17.9. The van der Waals surface area contributed by atoms with Crippen LogP contribution in [0.2, 0.25) is 10.0 Å². The highest BCUT2D eigenvalue weighted by Gasteiger charge is 2.32. The van der Waals surface area contributed by atoms with Crippen molar-refractivity contribution in [3.63, 3.8) is 0 Å². The molecule has 0 radical (unpaired) electrons. The van der Waals surface area contributed by atoms with E-state index < -0.39 is 18.6 Å². The van der Waals surface area contributed by atoms with Crippen LogP contribution in [-0.2, 0) is 30.7 Å². The van der Waals surface area contributed by atoms with Crippen molar-refractivity contribution in [1.29, 1.82) is 0 Å². The molecule has 6 rings (SSSR count). The van der Waals surface area contributed by atoms with Gasteiger partial charge in [0.2, 0.25) is 0 Å². The van der Waals surface area contributed by atoms with Gasteiger partial charge in [0.15, 0.2) is 0 Å². The molecule has 0 bridgehead atoms. The molecule has 2 aliphatic rings. The van der Waals surface area contributed by atoms with E-state index in [0.29, 0.717) is 64.9 Å². The van der Waals surface area contributed by atoms with Gasteiger partial charge < -0.3 is 39.6 Å². The van der Waals surface area contributed by atoms with E-state index in [2.05, 4.69) is 47.0 Å². The first kappa shape index (κ1) is 38.7. The lowest BCUT2D eigenvalue weighted by molar-refractivity contribution is -0.140. The summed E-state index contributed by atoms with van der Waals surface area (Å²) >= 11 is 13.5. The third-order valence-corrected chi connectivity index (χ3v) is 10.3. The molecule has 0 amide bonds. The standard InChI is InChI=1S/C41H46Cl2N2O8/c1-3-50-37-19-39(32(42)17-24(37)21-44-15-16-46)52-35-13-11-28-26(7-5-9-30(28)35)27-8-6-10-31-29(27)12-14-36(31)53-40-20-38(51-4-2)25(18-33(40)43)22-45-34(23-47)41(48)49/h5-10,17-20,34-36,44-47H,3-4,11-16,21-23H2,1-2H3,(H,48,49)/t34-,35-,36-/m0/s1. The number of ether oxygens (including phenoxy) is 4. The van der Waals surface area contributed by atoms with Gasteiger partial charge in [-0.2, -0.15) is 0 Å². The molecule has 4 aromatic carbocycles. The van der Waals surface area contributed by atoms with Gasteiger partial charge in [-0.15, -0.1) is 0 Å². The Bertz CT molecular complexity index is 1920. The molecule has 2 aliphatic carbocycles. The van der Waals surface area contributed by atoms with E-state index in [1.54, 1.807) is 12.1 Å². The number of nitrogens with one attached hydrogen (secondary N) is 2. The molecule has 0 unspecified atom stereocenters. The van der Waals surface area contributed by atoms with Crippen LogP contribution in [0.5, 0.6) is 23.0 Å². The van der Waals surface area contributed by atoms with E-state index in [4.69, 9.17) is 47.3 Å². The van der Waals surface area contributed by atoms with E-state index in [-0.39, 0.29) is 25.4 Å². The number of carboxylic acids is 1. The highest BCUT2D eigenvalue weighted by atomic mass is 35.5. The number of aliphatic carboxylic acids is 1. The van der Waals surface area contributed by atoms with Crippen LogP contribution in [0.3, 0.4) is 0 Å². The molecule has 0 aliphatic heterocycles. The second-order valence-electron chi connectivity index (χ2n) is 13.0. The Kier molecular flexibility index (Phi) is 13.0. The summed E-state index contributed by atoms with van der Waals surface area (Å²) in [6.45, 7) is 5.37. The summed E-state index contributed by atoms with van der Waals surface area (Å²) in [5, 5.41) is 34.8. The maximum Gasteiger partial charge on any atom is 0.323 e. The molecule has 0 fully saturated rings. The zero-order valence-corrected chi connectivity index (χ0v) is 31.4. The van der Waals surface area contributed by atoms with Gasteiger partial charge in [0.05, 0.1) is 36.5 Å². The molecule has 12 heteroatoms. The number of rotatable bonds is 18. The predicted molar refractivity (Wildman–Crippen MR) is 205 cm³/mol. The molecule has 0 aromatic heterocycles. The number of hydrogen-bond acceptors (Lipinski definition) is 9. The number of carboxylic acid groups (broad SMARTS) is 1. The smallest absolute Gasteiger partial charge is 0.323 e. The third kappa shape index (κ3) is 8.70. The molecule has 282 valence electrons. The summed E-state index contributed by atoms with van der Waals surface area (Å²) in [4.78, 5) is 11.4. The van der Waals surface area contributed by atoms with Crippen molar-refractivity contribution in [2.45, 2.75) is 70.9 Å². The van der Waals surface area contributed by atoms with Gasteiger partial charge in [0, 0.05) is 42.9 Å². The van der Waals surface area contributed by atoms with Crippen molar-refractivity contribution in [3.8, 4) is 34.1 Å². The van der Waals surface area contributed by atoms with Crippen molar-refractivity contribution in [3.05, 3.63) is 104 Å². The topological polar surface area (TPSA) is 139 Å². The van der Waals surface area contributed by atoms with Crippen LogP contribution in [0.4, 0.5) is 0 Å². The Morgan fingerprint density at radius 1 is 0.774 bits per heavy atom. The van der Waals surface area contributed by atoms with E-state index in [1.165, 1.54) is 22.3 Å². The first-order valence-corrected chi connectivity index (χ1v) is 18.9. The molecular weight excluding hydrogens is 719 g/mol. The zero-order valence-electron chi connectivity index (χ0n) is 29.9. The van der Waals surface area contributed by atoms with E-state index in [9.17, 15) is 15.0 Å². The number of fused-ring (bicyclic) bond motifs is 2. The molecule has 5 N–H and O–H groups in total. The van der Waals surface area contributed by atoms with E-state index in [1.807, 2.05) is 26.0 Å². The van der Waals surface area contributed by atoms with Crippen molar-refractivity contribution in [1.82, 2.24) is 10.6 Å². The average molecular weight is 766 g/mol. The Morgan fingerprint density at radius 2 is 1.28 bits per heavy atom. The van der Waals surface area contributed by atoms with Crippen LogP contribution in [0, 0.1) is 0 Å². The van der Waals surface area contributed by atoms with Crippen LogP contribution < -0.4 is 29.6 Å². The van der Waals surface area contributed by atoms with Crippen molar-refractivity contribution < 1.29 is 39.1 Å². The van der Waals surface area contributed by atoms with Crippen LogP contribution in [0.1, 0.15) is 72.3 Å². The quantitative estimate of drug-likeness (QED) is 0.0661. The summed E-state index contributed by atoms with van der Waals surface area (Å²) < 4.78 is 25.0. The maximum absolute atomic E-state index is 11.4. The number of benzene rings is 4. The number of carbonyl (C=O) groups is 1. The lowest BCUT2D eigenvalue weighted by atomic mass is 9.91. The number of hydrogen-bond donors (Lipinski definition) is 5. The number of halogens is 2. The summed E-state index contributed by atoms with van der Waals surface area (Å²) in [5.41, 5.74) is 8.71. The average Bonchev–Trinajstić information content (AvgIpc) is 3.76. The fraction of sp³-hybridized carbons (Fsp3) is 0.390. The van der Waals surface area contributed by atoms with Crippen LogP contribution in [0.25, 0.3) is 11.1 Å². The highest BCUT2D eigenvalue weighted by Crippen LogP contribution is 2.47. The van der Waals surface area contributed by atoms with Crippen molar-refractivity contribution in [2.24, 2.45) is 0 Å². The molecule has 53 heavy (non-hydrogen) atoms. The van der Waals surface area contributed by atoms with Gasteiger partial charge in [-0.05, 0) is 85.0 Å². The van der Waals surface area contributed by atoms with Gasteiger partial charge >= 0.3 is 5.97 Å². The van der Waals surface area contributed by atoms with Gasteiger partial charge in [-0.1, -0.05) is 59.6 Å². The second-order valence-corrected chi connectivity index (χ2v) is 13.9. The lowest BCUT2D eigenvalue weighted by Gasteiger charge is -2.20. The minimum absolute atomic E-state index is 0.0489. The van der Waals surface area contributed by atoms with Gasteiger partial charge in [0.1, 0.15) is 41.2 Å². The first-order chi connectivity index (χ1) is 25.8. The molecule has 0 saturated carbocycles. The molecule has 0 spiro atoms. The highest BCUT2D eigenvalue weighted by molar-refractivity contribution is 6.32. The minimum atomic E-state index is -1.14.